The summed E-state index contributed by atoms with van der Waals surface area (Å²) in [7, 11) is 0. The first-order valence-electron chi connectivity index (χ1n) is 5.00. The number of aryl methyl sites for hydroxylation is 1. The number of Topliss-reactive ketones (excluding diaryl/α,β-unsaturated/α-hetero) is 1. The molecule has 0 bridgehead atoms. The molecule has 0 saturated heterocycles. The van der Waals surface area contributed by atoms with Crippen LogP contribution in [0.15, 0.2) is 12.4 Å². The van der Waals surface area contributed by atoms with E-state index in [0.29, 0.717) is 12.1 Å². The summed E-state index contributed by atoms with van der Waals surface area (Å²) in [6, 6.07) is 0. The van der Waals surface area contributed by atoms with Gasteiger partial charge in [-0.1, -0.05) is 0 Å². The smallest absolute Gasteiger partial charge is 0.299 e. The van der Waals surface area contributed by atoms with E-state index in [0.717, 1.165) is 0 Å². The Labute approximate surface area is 91.3 Å². The van der Waals surface area contributed by atoms with Crippen LogP contribution >= 0.6 is 0 Å². The summed E-state index contributed by atoms with van der Waals surface area (Å²) in [5, 5.41) is 3.94. The van der Waals surface area contributed by atoms with Gasteiger partial charge in [0.1, 0.15) is 5.78 Å². The lowest BCUT2D eigenvalue weighted by Crippen LogP contribution is -2.12. The fraction of sp³-hybridized carbons (Fsp3) is 0.600. The maximum atomic E-state index is 11.8. The number of alkyl halides is 3. The molecule has 1 rings (SSSR count). The number of halogens is 3. The van der Waals surface area contributed by atoms with E-state index in [1.165, 1.54) is 6.20 Å². The lowest BCUT2D eigenvalue weighted by Gasteiger charge is -2.04. The van der Waals surface area contributed by atoms with Crippen molar-refractivity contribution in [1.82, 2.24) is 9.78 Å². The third kappa shape index (κ3) is 4.46. The van der Waals surface area contributed by atoms with Crippen molar-refractivity contribution in [3.05, 3.63) is 18.0 Å². The van der Waals surface area contributed by atoms with Gasteiger partial charge in [-0.15, -0.1) is 0 Å². The lowest BCUT2D eigenvalue weighted by molar-refractivity contribution is -0.143. The molecule has 0 saturated carbocycles. The van der Waals surface area contributed by atoms with Gasteiger partial charge in [0.15, 0.2) is 0 Å². The molecule has 0 amide bonds. The van der Waals surface area contributed by atoms with Gasteiger partial charge in [-0.05, 0) is 12.5 Å². The maximum absolute atomic E-state index is 11.8. The zero-order valence-electron chi connectivity index (χ0n) is 8.92. The number of carbonyl (C=O) groups excluding carboxylic acids is 1. The number of carbonyl (C=O) groups is 1. The quantitative estimate of drug-likeness (QED) is 0.783. The molecule has 0 aliphatic carbocycles. The first-order valence-corrected chi connectivity index (χ1v) is 5.00. The molecule has 0 aliphatic rings. The molecule has 0 aliphatic heterocycles. The first kappa shape index (κ1) is 12.7. The third-order valence-corrected chi connectivity index (χ3v) is 2.10. The van der Waals surface area contributed by atoms with Crippen molar-refractivity contribution in [2.45, 2.75) is 38.9 Å². The zero-order valence-corrected chi connectivity index (χ0v) is 8.92. The Morgan fingerprint density at radius 2 is 2.19 bits per heavy atom. The van der Waals surface area contributed by atoms with Gasteiger partial charge in [0.2, 0.25) is 0 Å². The number of aromatic nitrogens is 2. The summed E-state index contributed by atoms with van der Waals surface area (Å²) < 4.78 is 37.2. The predicted octanol–water partition coefficient (Wildman–Crippen LogP) is 2.36. The van der Waals surface area contributed by atoms with E-state index in [1.807, 2.05) is 6.92 Å². The summed E-state index contributed by atoms with van der Waals surface area (Å²) in [4.78, 5) is 11.2. The largest absolute Gasteiger partial charge is 0.389 e. The Hall–Kier alpha value is -1.33. The molecule has 90 valence electrons. The molecular formula is C10H13F3N2O. The van der Waals surface area contributed by atoms with E-state index >= 15 is 0 Å². The van der Waals surface area contributed by atoms with Gasteiger partial charge in [0.05, 0.1) is 12.6 Å². The summed E-state index contributed by atoms with van der Waals surface area (Å²) in [5.74, 6) is -0.409. The van der Waals surface area contributed by atoms with Gasteiger partial charge >= 0.3 is 6.18 Å². The van der Waals surface area contributed by atoms with Gasteiger partial charge in [0.25, 0.3) is 0 Å². The first-order chi connectivity index (χ1) is 7.40. The van der Waals surface area contributed by atoms with Crippen molar-refractivity contribution in [1.29, 1.82) is 0 Å². The zero-order chi connectivity index (χ0) is 12.2. The second-order valence-electron chi connectivity index (χ2n) is 3.53. The SMILES string of the molecule is CCn1cc(CC(=O)CCC(F)(F)F)cn1. The van der Waals surface area contributed by atoms with Crippen molar-refractivity contribution in [3.63, 3.8) is 0 Å². The number of hydrogen-bond acceptors (Lipinski definition) is 2. The monoisotopic (exact) mass is 234 g/mol. The number of hydrogen-bond donors (Lipinski definition) is 0. The summed E-state index contributed by atoms with van der Waals surface area (Å²) >= 11 is 0. The molecule has 3 nitrogen and oxygen atoms in total. The standard InChI is InChI=1S/C10H13F3N2O/c1-2-15-7-8(6-14-15)5-9(16)3-4-10(11,12)13/h6-7H,2-5H2,1H3. The molecule has 1 heterocycles. The summed E-state index contributed by atoms with van der Waals surface area (Å²) in [6.07, 6.45) is -2.56. The van der Waals surface area contributed by atoms with E-state index in [-0.39, 0.29) is 6.42 Å². The average Bonchev–Trinajstić information content (AvgIpc) is 2.61. The van der Waals surface area contributed by atoms with E-state index < -0.39 is 24.8 Å². The molecule has 0 N–H and O–H groups in total. The van der Waals surface area contributed by atoms with Gasteiger partial charge < -0.3 is 0 Å². The molecule has 1 aromatic rings. The second kappa shape index (κ2) is 5.14. The fourth-order valence-electron chi connectivity index (χ4n) is 1.27. The number of ketones is 1. The molecule has 0 radical (unpaired) electrons. The highest BCUT2D eigenvalue weighted by molar-refractivity contribution is 5.80. The van der Waals surface area contributed by atoms with Crippen LogP contribution < -0.4 is 0 Å². The summed E-state index contributed by atoms with van der Waals surface area (Å²) in [5.41, 5.74) is 0.661. The highest BCUT2D eigenvalue weighted by atomic mass is 19.4. The molecule has 16 heavy (non-hydrogen) atoms. The topological polar surface area (TPSA) is 34.9 Å². The predicted molar refractivity (Wildman–Crippen MR) is 51.9 cm³/mol. The van der Waals surface area contributed by atoms with Crippen LogP contribution in [0.5, 0.6) is 0 Å². The minimum Gasteiger partial charge on any atom is -0.299 e. The second-order valence-corrected chi connectivity index (χ2v) is 3.53. The van der Waals surface area contributed by atoms with Crippen molar-refractivity contribution in [3.8, 4) is 0 Å². The molecule has 6 heteroatoms. The number of nitrogens with zero attached hydrogens (tertiary/aromatic N) is 2. The molecule has 0 atom stereocenters. The fourth-order valence-corrected chi connectivity index (χ4v) is 1.27. The molecule has 0 aromatic carbocycles. The van der Waals surface area contributed by atoms with Crippen LogP contribution in [-0.2, 0) is 17.8 Å². The summed E-state index contributed by atoms with van der Waals surface area (Å²) in [6.45, 7) is 2.57. The Balaban J connectivity index is 2.40. The van der Waals surface area contributed by atoms with Crippen LogP contribution in [0, 0.1) is 0 Å². The minimum atomic E-state index is -4.26. The van der Waals surface area contributed by atoms with Crippen molar-refractivity contribution >= 4 is 5.78 Å². The highest BCUT2D eigenvalue weighted by Crippen LogP contribution is 2.21. The van der Waals surface area contributed by atoms with Gasteiger partial charge in [-0.25, -0.2) is 0 Å². The van der Waals surface area contributed by atoms with Crippen LogP contribution in [0.3, 0.4) is 0 Å². The van der Waals surface area contributed by atoms with E-state index in [9.17, 15) is 18.0 Å². The molecule has 0 spiro atoms. The van der Waals surface area contributed by atoms with E-state index in [1.54, 1.807) is 10.9 Å². The van der Waals surface area contributed by atoms with Gasteiger partial charge in [-0.2, -0.15) is 18.3 Å². The molecule has 1 aromatic heterocycles. The van der Waals surface area contributed by atoms with Crippen LogP contribution in [-0.4, -0.2) is 21.7 Å². The van der Waals surface area contributed by atoms with E-state index in [4.69, 9.17) is 0 Å². The average molecular weight is 234 g/mol. The van der Waals surface area contributed by atoms with E-state index in [2.05, 4.69) is 5.10 Å². The van der Waals surface area contributed by atoms with Crippen LogP contribution in [0.1, 0.15) is 25.3 Å². The maximum Gasteiger partial charge on any atom is 0.389 e. The molecule has 0 fully saturated rings. The van der Waals surface area contributed by atoms with Gasteiger partial charge in [0, 0.05) is 25.6 Å². The Morgan fingerprint density at radius 3 is 2.69 bits per heavy atom. The van der Waals surface area contributed by atoms with Crippen molar-refractivity contribution in [2.24, 2.45) is 0 Å². The molecular weight excluding hydrogens is 221 g/mol. The minimum absolute atomic E-state index is 0.0239. The lowest BCUT2D eigenvalue weighted by atomic mass is 10.1. The normalized spacial score (nSPS) is 11.8. The van der Waals surface area contributed by atoms with Crippen LogP contribution in [0.25, 0.3) is 0 Å². The third-order valence-electron chi connectivity index (χ3n) is 2.10. The van der Waals surface area contributed by atoms with Crippen LogP contribution in [0.4, 0.5) is 13.2 Å². The highest BCUT2D eigenvalue weighted by Gasteiger charge is 2.27. The Morgan fingerprint density at radius 1 is 1.50 bits per heavy atom. The van der Waals surface area contributed by atoms with Crippen molar-refractivity contribution < 1.29 is 18.0 Å². The van der Waals surface area contributed by atoms with Crippen molar-refractivity contribution in [2.75, 3.05) is 0 Å². The van der Waals surface area contributed by atoms with Gasteiger partial charge in [-0.3, -0.25) is 9.48 Å². The Bertz CT molecular complexity index is 357. The number of rotatable bonds is 5. The van der Waals surface area contributed by atoms with Crippen LogP contribution in [0.2, 0.25) is 0 Å². The molecule has 0 unspecified atom stereocenters. The Kier molecular flexibility index (Phi) is 4.09.